The van der Waals surface area contributed by atoms with Gasteiger partial charge >= 0.3 is 0 Å². The Labute approximate surface area is 100 Å². The Bertz CT molecular complexity index is 422. The standard InChI is InChI=1S/C13H16FNO2/c1-9-8-17-10(2)6-15(9)13-4-11(7-16)3-12(14)5-13/h3-5,7,9-10H,6,8H2,1-2H3. The largest absolute Gasteiger partial charge is 0.375 e. The highest BCUT2D eigenvalue weighted by atomic mass is 19.1. The molecule has 1 aromatic carbocycles. The van der Waals surface area contributed by atoms with Gasteiger partial charge in [-0.25, -0.2) is 4.39 Å². The van der Waals surface area contributed by atoms with E-state index < -0.39 is 0 Å². The normalized spacial score (nSPS) is 24.8. The first-order valence-electron chi connectivity index (χ1n) is 5.74. The number of aldehydes is 1. The average molecular weight is 237 g/mol. The quantitative estimate of drug-likeness (QED) is 0.739. The van der Waals surface area contributed by atoms with Gasteiger partial charge in [-0.1, -0.05) is 0 Å². The highest BCUT2D eigenvalue weighted by molar-refractivity contribution is 5.77. The zero-order chi connectivity index (χ0) is 12.4. The molecule has 1 fully saturated rings. The zero-order valence-corrected chi connectivity index (χ0v) is 10.0. The zero-order valence-electron chi connectivity index (χ0n) is 10.0. The first-order valence-corrected chi connectivity index (χ1v) is 5.74. The van der Waals surface area contributed by atoms with Gasteiger partial charge in [0.25, 0.3) is 0 Å². The summed E-state index contributed by atoms with van der Waals surface area (Å²) in [7, 11) is 0. The van der Waals surface area contributed by atoms with E-state index in [1.807, 2.05) is 13.8 Å². The van der Waals surface area contributed by atoms with Crippen LogP contribution in [0.5, 0.6) is 0 Å². The molecule has 0 aliphatic carbocycles. The van der Waals surface area contributed by atoms with Crippen LogP contribution < -0.4 is 4.90 Å². The lowest BCUT2D eigenvalue weighted by Gasteiger charge is -2.38. The van der Waals surface area contributed by atoms with Crippen molar-refractivity contribution in [2.75, 3.05) is 18.1 Å². The van der Waals surface area contributed by atoms with Crippen molar-refractivity contribution in [2.45, 2.75) is 26.0 Å². The number of hydrogen-bond acceptors (Lipinski definition) is 3. The smallest absolute Gasteiger partial charge is 0.150 e. The molecule has 17 heavy (non-hydrogen) atoms. The second kappa shape index (κ2) is 4.84. The third-order valence-electron chi connectivity index (χ3n) is 2.98. The highest BCUT2D eigenvalue weighted by Crippen LogP contribution is 2.23. The monoisotopic (exact) mass is 237 g/mol. The molecule has 1 aliphatic heterocycles. The number of halogens is 1. The van der Waals surface area contributed by atoms with E-state index in [1.54, 1.807) is 6.07 Å². The first-order chi connectivity index (χ1) is 8.10. The molecule has 0 spiro atoms. The minimum atomic E-state index is -0.379. The highest BCUT2D eigenvalue weighted by Gasteiger charge is 2.24. The Hall–Kier alpha value is -1.42. The Morgan fingerprint density at radius 3 is 2.88 bits per heavy atom. The summed E-state index contributed by atoms with van der Waals surface area (Å²) in [6, 6.07) is 4.60. The molecule has 0 amide bonds. The number of carbonyl (C=O) groups is 1. The fourth-order valence-corrected chi connectivity index (χ4v) is 2.09. The van der Waals surface area contributed by atoms with Gasteiger partial charge in [0.15, 0.2) is 0 Å². The molecule has 1 heterocycles. The molecule has 1 aromatic rings. The van der Waals surface area contributed by atoms with Gasteiger partial charge < -0.3 is 9.64 Å². The van der Waals surface area contributed by atoms with Gasteiger partial charge in [0, 0.05) is 23.8 Å². The van der Waals surface area contributed by atoms with E-state index in [2.05, 4.69) is 4.90 Å². The van der Waals surface area contributed by atoms with Gasteiger partial charge in [0.2, 0.25) is 0 Å². The minimum absolute atomic E-state index is 0.120. The summed E-state index contributed by atoms with van der Waals surface area (Å²) in [6.45, 7) is 5.34. The topological polar surface area (TPSA) is 29.5 Å². The van der Waals surface area contributed by atoms with E-state index in [4.69, 9.17) is 4.74 Å². The van der Waals surface area contributed by atoms with Crippen LogP contribution in [0.1, 0.15) is 24.2 Å². The molecule has 0 aromatic heterocycles. The third-order valence-corrected chi connectivity index (χ3v) is 2.98. The Balaban J connectivity index is 2.31. The molecule has 4 heteroatoms. The number of carbonyl (C=O) groups excluding carboxylic acids is 1. The summed E-state index contributed by atoms with van der Waals surface area (Å²) in [5, 5.41) is 0. The maximum Gasteiger partial charge on any atom is 0.150 e. The van der Waals surface area contributed by atoms with Crippen molar-refractivity contribution in [3.8, 4) is 0 Å². The molecular formula is C13H16FNO2. The Morgan fingerprint density at radius 1 is 1.41 bits per heavy atom. The van der Waals surface area contributed by atoms with Gasteiger partial charge in [-0.2, -0.15) is 0 Å². The van der Waals surface area contributed by atoms with Crippen LogP contribution in [0.4, 0.5) is 10.1 Å². The van der Waals surface area contributed by atoms with Crippen LogP contribution in [0, 0.1) is 5.82 Å². The molecule has 0 radical (unpaired) electrons. The van der Waals surface area contributed by atoms with Crippen molar-refractivity contribution in [3.63, 3.8) is 0 Å². The lowest BCUT2D eigenvalue weighted by Crippen LogP contribution is -2.47. The predicted octanol–water partition coefficient (Wildman–Crippen LogP) is 2.25. The fourth-order valence-electron chi connectivity index (χ4n) is 2.09. The molecular weight excluding hydrogens is 221 g/mol. The summed E-state index contributed by atoms with van der Waals surface area (Å²) < 4.78 is 18.9. The number of benzene rings is 1. The Morgan fingerprint density at radius 2 is 2.18 bits per heavy atom. The van der Waals surface area contributed by atoms with Crippen LogP contribution in [0.2, 0.25) is 0 Å². The number of morpholine rings is 1. The molecule has 1 aliphatic rings. The number of ether oxygens (including phenoxy) is 1. The summed E-state index contributed by atoms with van der Waals surface area (Å²) in [5.74, 6) is -0.379. The van der Waals surface area contributed by atoms with Gasteiger partial charge in [0.1, 0.15) is 12.1 Å². The lowest BCUT2D eigenvalue weighted by atomic mass is 10.1. The molecule has 92 valence electrons. The van der Waals surface area contributed by atoms with Gasteiger partial charge in [-0.3, -0.25) is 4.79 Å². The van der Waals surface area contributed by atoms with Crippen LogP contribution in [0.25, 0.3) is 0 Å². The molecule has 3 nitrogen and oxygen atoms in total. The van der Waals surface area contributed by atoms with Crippen LogP contribution in [-0.2, 0) is 4.74 Å². The number of hydrogen-bond donors (Lipinski definition) is 0. The summed E-state index contributed by atoms with van der Waals surface area (Å²) >= 11 is 0. The molecule has 0 N–H and O–H groups in total. The molecule has 2 unspecified atom stereocenters. The van der Waals surface area contributed by atoms with Crippen molar-refractivity contribution in [1.29, 1.82) is 0 Å². The number of rotatable bonds is 2. The van der Waals surface area contributed by atoms with Gasteiger partial charge in [0.05, 0.1) is 12.7 Å². The van der Waals surface area contributed by atoms with Crippen LogP contribution in [-0.4, -0.2) is 31.6 Å². The number of nitrogens with zero attached hydrogens (tertiary/aromatic N) is 1. The van der Waals surface area contributed by atoms with Gasteiger partial charge in [-0.05, 0) is 32.0 Å². The van der Waals surface area contributed by atoms with E-state index in [9.17, 15) is 9.18 Å². The van der Waals surface area contributed by atoms with Crippen LogP contribution in [0.3, 0.4) is 0 Å². The van der Waals surface area contributed by atoms with Gasteiger partial charge in [-0.15, -0.1) is 0 Å². The fraction of sp³-hybridized carbons (Fsp3) is 0.462. The minimum Gasteiger partial charge on any atom is -0.375 e. The van der Waals surface area contributed by atoms with Crippen molar-refractivity contribution < 1.29 is 13.9 Å². The summed E-state index contributed by atoms with van der Waals surface area (Å²) in [5.41, 5.74) is 1.11. The van der Waals surface area contributed by atoms with Crippen LogP contribution >= 0.6 is 0 Å². The van der Waals surface area contributed by atoms with E-state index in [-0.39, 0.29) is 18.0 Å². The predicted molar refractivity (Wildman–Crippen MR) is 64.0 cm³/mol. The average Bonchev–Trinajstić information content (AvgIpc) is 2.31. The van der Waals surface area contributed by atoms with E-state index in [0.29, 0.717) is 25.0 Å². The van der Waals surface area contributed by atoms with Crippen molar-refractivity contribution >= 4 is 12.0 Å². The number of anilines is 1. The maximum absolute atomic E-state index is 13.4. The van der Waals surface area contributed by atoms with E-state index in [1.165, 1.54) is 12.1 Å². The molecule has 0 bridgehead atoms. The van der Waals surface area contributed by atoms with Crippen molar-refractivity contribution in [3.05, 3.63) is 29.6 Å². The molecule has 0 saturated carbocycles. The molecule has 2 rings (SSSR count). The molecule has 2 atom stereocenters. The summed E-state index contributed by atoms with van der Waals surface area (Å²) in [4.78, 5) is 12.8. The Kier molecular flexibility index (Phi) is 3.43. The third kappa shape index (κ3) is 2.64. The molecule has 1 saturated heterocycles. The SMILES string of the molecule is CC1CN(c2cc(F)cc(C=O)c2)C(C)CO1. The lowest BCUT2D eigenvalue weighted by molar-refractivity contribution is 0.0343. The van der Waals surface area contributed by atoms with E-state index in [0.717, 1.165) is 5.69 Å². The van der Waals surface area contributed by atoms with Crippen molar-refractivity contribution in [2.24, 2.45) is 0 Å². The second-order valence-corrected chi connectivity index (χ2v) is 4.51. The first kappa shape index (κ1) is 12.0. The maximum atomic E-state index is 13.4. The van der Waals surface area contributed by atoms with E-state index >= 15 is 0 Å². The second-order valence-electron chi connectivity index (χ2n) is 4.51. The van der Waals surface area contributed by atoms with Crippen molar-refractivity contribution in [1.82, 2.24) is 0 Å². The summed E-state index contributed by atoms with van der Waals surface area (Å²) in [6.07, 6.45) is 0.787. The van der Waals surface area contributed by atoms with Crippen LogP contribution in [0.15, 0.2) is 18.2 Å².